The van der Waals surface area contributed by atoms with E-state index in [1.54, 1.807) is 0 Å². The van der Waals surface area contributed by atoms with Gasteiger partial charge >= 0.3 is 0 Å². The quantitative estimate of drug-likeness (QED) is 0.314. The smallest absolute Gasteiger partial charge is 0.208 e. The van der Waals surface area contributed by atoms with Crippen molar-refractivity contribution < 1.29 is 8.42 Å². The summed E-state index contributed by atoms with van der Waals surface area (Å²) >= 11 is 0. The van der Waals surface area contributed by atoms with Crippen LogP contribution in [0.5, 0.6) is 0 Å². The van der Waals surface area contributed by atoms with Gasteiger partial charge in [0.25, 0.3) is 0 Å². The van der Waals surface area contributed by atoms with Gasteiger partial charge in [0.05, 0.1) is 9.81 Å². The first-order valence-corrected chi connectivity index (χ1v) is 13.4. The Kier molecular flexibility index (Phi) is 8.71. The van der Waals surface area contributed by atoms with Gasteiger partial charge in [0.15, 0.2) is 0 Å². The minimum Gasteiger partial charge on any atom is -0.218 e. The molecule has 3 rings (SSSR count). The number of hydrogen-bond donors (Lipinski definition) is 0. The molecule has 0 bridgehead atoms. The second-order valence-electron chi connectivity index (χ2n) is 8.47. The number of rotatable bonds is 12. The molecule has 31 heavy (non-hydrogen) atoms. The third kappa shape index (κ3) is 5.57. The third-order valence-corrected chi connectivity index (χ3v) is 8.12. The number of sulfone groups is 1. The Morgan fingerprint density at radius 1 is 0.548 bits per heavy atom. The minimum atomic E-state index is -3.56. The molecule has 0 aromatic heterocycles. The van der Waals surface area contributed by atoms with Gasteiger partial charge in [0.1, 0.15) is 0 Å². The zero-order chi connectivity index (χ0) is 22.1. The van der Waals surface area contributed by atoms with E-state index in [0.29, 0.717) is 9.81 Å². The highest BCUT2D eigenvalue weighted by Crippen LogP contribution is 2.49. The van der Waals surface area contributed by atoms with Crippen molar-refractivity contribution in [1.29, 1.82) is 0 Å². The van der Waals surface area contributed by atoms with E-state index >= 15 is 0 Å². The molecule has 0 unspecified atom stereocenters. The van der Waals surface area contributed by atoms with E-state index in [0.717, 1.165) is 60.8 Å². The van der Waals surface area contributed by atoms with E-state index in [1.807, 2.05) is 60.7 Å². The lowest BCUT2D eigenvalue weighted by molar-refractivity contribution is 0.615. The van der Waals surface area contributed by atoms with Gasteiger partial charge in [-0.1, -0.05) is 113 Å². The van der Waals surface area contributed by atoms with Crippen molar-refractivity contribution in [2.75, 3.05) is 0 Å². The van der Waals surface area contributed by atoms with Gasteiger partial charge in [-0.15, -0.1) is 0 Å². The summed E-state index contributed by atoms with van der Waals surface area (Å²) < 4.78 is 28.0. The molecule has 0 saturated carbocycles. The van der Waals surface area contributed by atoms with Crippen LogP contribution in [0.1, 0.15) is 89.2 Å². The molecule has 1 aliphatic heterocycles. The molecule has 0 fully saturated rings. The highest BCUT2D eigenvalue weighted by atomic mass is 32.2. The maximum atomic E-state index is 14.0. The number of allylic oxidation sites excluding steroid dienone is 2. The Bertz CT molecular complexity index is 922. The Hall–Kier alpha value is -2.13. The molecule has 0 saturated heterocycles. The fraction of sp³-hybridized carbons (Fsp3) is 0.429. The highest BCUT2D eigenvalue weighted by Gasteiger charge is 2.38. The molecular formula is C28H36O2S. The molecule has 2 aromatic rings. The van der Waals surface area contributed by atoms with Gasteiger partial charge < -0.3 is 0 Å². The topological polar surface area (TPSA) is 34.1 Å². The first-order chi connectivity index (χ1) is 15.1. The Balaban J connectivity index is 2.11. The number of hydrogen-bond acceptors (Lipinski definition) is 2. The zero-order valence-electron chi connectivity index (χ0n) is 19.1. The van der Waals surface area contributed by atoms with Crippen LogP contribution in [0.15, 0.2) is 71.8 Å². The zero-order valence-corrected chi connectivity index (χ0v) is 19.9. The second kappa shape index (κ2) is 11.5. The molecule has 2 nitrogen and oxygen atoms in total. The Labute approximate surface area is 189 Å². The van der Waals surface area contributed by atoms with Crippen LogP contribution in [0.2, 0.25) is 0 Å². The van der Waals surface area contributed by atoms with Crippen LogP contribution < -0.4 is 0 Å². The lowest BCUT2D eigenvalue weighted by Crippen LogP contribution is -2.03. The lowest BCUT2D eigenvalue weighted by atomic mass is 9.91. The van der Waals surface area contributed by atoms with Gasteiger partial charge in [-0.2, -0.15) is 0 Å². The predicted molar refractivity (Wildman–Crippen MR) is 133 cm³/mol. The maximum Gasteiger partial charge on any atom is 0.208 e. The van der Waals surface area contributed by atoms with Crippen molar-refractivity contribution in [3.05, 3.63) is 82.9 Å². The summed E-state index contributed by atoms with van der Waals surface area (Å²) in [6.45, 7) is 4.42. The van der Waals surface area contributed by atoms with E-state index < -0.39 is 9.84 Å². The van der Waals surface area contributed by atoms with E-state index in [4.69, 9.17) is 0 Å². The summed E-state index contributed by atoms with van der Waals surface area (Å²) in [5.74, 6) is 0. The maximum absolute atomic E-state index is 14.0. The van der Waals surface area contributed by atoms with Gasteiger partial charge in [0.2, 0.25) is 9.84 Å². The summed E-state index contributed by atoms with van der Waals surface area (Å²) in [7, 11) is -3.56. The van der Waals surface area contributed by atoms with E-state index in [2.05, 4.69) is 13.8 Å². The van der Waals surface area contributed by atoms with Crippen LogP contribution in [0.25, 0.3) is 9.81 Å². The molecule has 166 valence electrons. The summed E-state index contributed by atoms with van der Waals surface area (Å²) in [5.41, 5.74) is 3.78. The van der Waals surface area contributed by atoms with Gasteiger partial charge in [0, 0.05) is 0 Å². The molecule has 0 atom stereocenters. The van der Waals surface area contributed by atoms with Crippen molar-refractivity contribution in [2.24, 2.45) is 0 Å². The van der Waals surface area contributed by atoms with Crippen LogP contribution in [0, 0.1) is 0 Å². The minimum absolute atomic E-state index is 0.550. The summed E-state index contributed by atoms with van der Waals surface area (Å²) in [6, 6.07) is 19.4. The number of unbranched alkanes of at least 4 members (excludes halogenated alkanes) is 6. The van der Waals surface area contributed by atoms with Gasteiger partial charge in [-0.3, -0.25) is 0 Å². The third-order valence-electron chi connectivity index (χ3n) is 6.08. The van der Waals surface area contributed by atoms with Crippen LogP contribution in [0.4, 0.5) is 0 Å². The fourth-order valence-corrected chi connectivity index (χ4v) is 6.72. The molecule has 0 aliphatic carbocycles. The Morgan fingerprint density at radius 2 is 0.935 bits per heavy atom. The highest BCUT2D eigenvalue weighted by molar-refractivity contribution is 8.09. The van der Waals surface area contributed by atoms with E-state index in [-0.39, 0.29) is 0 Å². The fourth-order valence-electron chi connectivity index (χ4n) is 4.52. The second-order valence-corrected chi connectivity index (χ2v) is 10.3. The molecule has 0 amide bonds. The van der Waals surface area contributed by atoms with Crippen molar-refractivity contribution in [2.45, 2.75) is 78.1 Å². The van der Waals surface area contributed by atoms with Gasteiger partial charge in [-0.25, -0.2) is 8.42 Å². The van der Waals surface area contributed by atoms with Crippen LogP contribution in [0.3, 0.4) is 0 Å². The molecule has 1 heterocycles. The average molecular weight is 437 g/mol. The molecule has 0 spiro atoms. The normalized spacial score (nSPS) is 15.7. The monoisotopic (exact) mass is 436 g/mol. The lowest BCUT2D eigenvalue weighted by Gasteiger charge is -2.12. The Morgan fingerprint density at radius 3 is 1.29 bits per heavy atom. The van der Waals surface area contributed by atoms with E-state index in [1.165, 1.54) is 25.7 Å². The molecular weight excluding hydrogens is 400 g/mol. The standard InChI is InChI=1S/C28H36O2S/c1-3-5-7-15-21-25-26(22-16-8-6-4-2)28(24-19-13-10-14-20-24)31(29,30)27(25)23-17-11-9-12-18-23/h9-14,17-20H,3-8,15-16,21-22H2,1-2H3. The van der Waals surface area contributed by atoms with Crippen molar-refractivity contribution in [3.63, 3.8) is 0 Å². The first-order valence-electron chi connectivity index (χ1n) is 11.9. The average Bonchev–Trinajstić information content (AvgIpc) is 3.01. The van der Waals surface area contributed by atoms with Crippen LogP contribution in [-0.2, 0) is 9.84 Å². The molecule has 3 heteroatoms. The van der Waals surface area contributed by atoms with E-state index in [9.17, 15) is 8.42 Å². The molecule has 2 aromatic carbocycles. The SMILES string of the molecule is CCCCCCC1=C(c2ccccc2)S(=O)(=O)C(c2ccccc2)=C1CCCCCC. The first kappa shape index (κ1) is 23.5. The molecule has 1 aliphatic rings. The molecule has 0 N–H and O–H groups in total. The summed E-state index contributed by atoms with van der Waals surface area (Å²) in [5, 5.41) is 0. The van der Waals surface area contributed by atoms with Crippen molar-refractivity contribution in [3.8, 4) is 0 Å². The number of benzene rings is 2. The van der Waals surface area contributed by atoms with Crippen molar-refractivity contribution >= 4 is 19.6 Å². The summed E-state index contributed by atoms with van der Waals surface area (Å²) in [4.78, 5) is 1.10. The summed E-state index contributed by atoms with van der Waals surface area (Å²) in [6.07, 6.45) is 10.8. The molecule has 0 radical (unpaired) electrons. The van der Waals surface area contributed by atoms with Crippen LogP contribution in [-0.4, -0.2) is 8.42 Å². The predicted octanol–water partition coefficient (Wildman–Crippen LogP) is 8.18. The van der Waals surface area contributed by atoms with Gasteiger partial charge in [-0.05, 0) is 48.0 Å². The largest absolute Gasteiger partial charge is 0.218 e. The van der Waals surface area contributed by atoms with Crippen molar-refractivity contribution in [1.82, 2.24) is 0 Å². The van der Waals surface area contributed by atoms with Crippen LogP contribution >= 0.6 is 0 Å².